The van der Waals surface area contributed by atoms with E-state index in [2.05, 4.69) is 5.32 Å². The van der Waals surface area contributed by atoms with Gasteiger partial charge in [0, 0.05) is 5.92 Å². The minimum atomic E-state index is -1.42. The van der Waals surface area contributed by atoms with Gasteiger partial charge in [-0.2, -0.15) is 0 Å². The molecule has 1 rings (SSSR count). The molecule has 0 spiro atoms. The number of Topliss-reactive ketones (excluding diaryl/α,β-unsaturated/α-hetero) is 1. The number of ketones is 1. The third-order valence-electron chi connectivity index (χ3n) is 2.95. The second-order valence-corrected chi connectivity index (χ2v) is 7.06. The molecule has 0 aliphatic carbocycles. The van der Waals surface area contributed by atoms with Gasteiger partial charge in [0.15, 0.2) is 9.58 Å². The van der Waals surface area contributed by atoms with Gasteiger partial charge in [0.25, 0.3) is 0 Å². The van der Waals surface area contributed by atoms with Crippen molar-refractivity contribution in [1.29, 1.82) is 0 Å². The predicted octanol–water partition coefficient (Wildman–Crippen LogP) is 2.48. The summed E-state index contributed by atoms with van der Waals surface area (Å²) in [6, 6.07) is -0.548. The topological polar surface area (TPSA) is 46.2 Å². The van der Waals surface area contributed by atoms with Crippen molar-refractivity contribution in [3.63, 3.8) is 0 Å². The number of hydrogen-bond acceptors (Lipinski definition) is 2. The molecule has 1 saturated heterocycles. The minimum absolute atomic E-state index is 0.140. The monoisotopic (exact) mass is 285 g/mol. The molecule has 1 aliphatic heterocycles. The Hall–Kier alpha value is 0.01000. The van der Waals surface area contributed by atoms with Gasteiger partial charge in [0.05, 0.1) is 6.04 Å². The maximum atomic E-state index is 11.9. The second kappa shape index (κ2) is 4.35. The molecule has 1 unspecified atom stereocenters. The van der Waals surface area contributed by atoms with Gasteiger partial charge >= 0.3 is 0 Å². The molecular formula is C10H14Cl3NO2. The fourth-order valence-corrected chi connectivity index (χ4v) is 1.87. The highest BCUT2D eigenvalue weighted by Gasteiger charge is 2.48. The molecule has 2 atom stereocenters. The van der Waals surface area contributed by atoms with Crippen LogP contribution in [0.1, 0.15) is 27.2 Å². The predicted molar refractivity (Wildman–Crippen MR) is 64.8 cm³/mol. The molecule has 1 aliphatic rings. The van der Waals surface area contributed by atoms with Crippen LogP contribution in [0.15, 0.2) is 0 Å². The molecule has 0 radical (unpaired) electrons. The van der Waals surface area contributed by atoms with E-state index >= 15 is 0 Å². The van der Waals surface area contributed by atoms with Crippen LogP contribution < -0.4 is 5.32 Å². The first kappa shape index (κ1) is 14.1. The van der Waals surface area contributed by atoms with E-state index in [-0.39, 0.29) is 17.6 Å². The van der Waals surface area contributed by atoms with Gasteiger partial charge in [0.2, 0.25) is 5.91 Å². The maximum absolute atomic E-state index is 11.9. The molecule has 0 bridgehead atoms. The largest absolute Gasteiger partial charge is 0.345 e. The van der Waals surface area contributed by atoms with Crippen molar-refractivity contribution in [3.05, 3.63) is 0 Å². The van der Waals surface area contributed by atoms with E-state index in [0.29, 0.717) is 6.42 Å². The van der Waals surface area contributed by atoms with Crippen molar-refractivity contribution in [1.82, 2.24) is 5.32 Å². The Kier molecular flexibility index (Phi) is 3.83. The number of hydrogen-bond donors (Lipinski definition) is 1. The van der Waals surface area contributed by atoms with E-state index in [9.17, 15) is 9.59 Å². The van der Waals surface area contributed by atoms with Gasteiger partial charge in [-0.05, 0) is 20.3 Å². The molecule has 92 valence electrons. The zero-order valence-electron chi connectivity index (χ0n) is 9.31. The molecule has 6 heteroatoms. The van der Waals surface area contributed by atoms with Crippen LogP contribution in [0.4, 0.5) is 0 Å². The Bertz CT molecular complexity index is 323. The molecule has 16 heavy (non-hydrogen) atoms. The molecule has 1 fully saturated rings. The van der Waals surface area contributed by atoms with Crippen molar-refractivity contribution >= 4 is 46.5 Å². The molecule has 0 aromatic carbocycles. The van der Waals surface area contributed by atoms with Gasteiger partial charge in [-0.15, -0.1) is 0 Å². The fraction of sp³-hybridized carbons (Fsp3) is 0.800. The number of amides is 1. The summed E-state index contributed by atoms with van der Waals surface area (Å²) >= 11 is 17.2. The summed E-state index contributed by atoms with van der Waals surface area (Å²) in [6.45, 7) is 4.94. The number of carbonyl (C=O) groups is 2. The van der Waals surface area contributed by atoms with Gasteiger partial charge in [0.1, 0.15) is 5.41 Å². The van der Waals surface area contributed by atoms with E-state index in [1.807, 2.05) is 0 Å². The van der Waals surface area contributed by atoms with Crippen molar-refractivity contribution < 1.29 is 9.59 Å². The van der Waals surface area contributed by atoms with E-state index in [1.54, 1.807) is 20.8 Å². The summed E-state index contributed by atoms with van der Waals surface area (Å²) in [5.74, 6) is -0.710. The van der Waals surface area contributed by atoms with E-state index in [4.69, 9.17) is 34.8 Å². The van der Waals surface area contributed by atoms with E-state index in [1.165, 1.54) is 0 Å². The van der Waals surface area contributed by atoms with Crippen LogP contribution >= 0.6 is 34.8 Å². The summed E-state index contributed by atoms with van der Waals surface area (Å²) < 4.78 is -1.42. The first-order valence-corrected chi connectivity index (χ1v) is 6.12. The smallest absolute Gasteiger partial charge is 0.233 e. The van der Waals surface area contributed by atoms with Gasteiger partial charge < -0.3 is 5.32 Å². The lowest BCUT2D eigenvalue weighted by atomic mass is 9.86. The third-order valence-corrected chi connectivity index (χ3v) is 4.07. The zero-order valence-corrected chi connectivity index (χ0v) is 11.6. The molecule has 1 amide bonds. The number of alkyl halides is 3. The van der Waals surface area contributed by atoms with Crippen LogP contribution in [0, 0.1) is 11.3 Å². The standard InChI is InChI=1S/C10H14Cl3NO2/c1-5(10(11,12)13)4-6-7(15)9(2,3)8(16)14-6/h5-6H,4H2,1-3H3,(H,14,16)/t5-,6?/m0/s1. The Morgan fingerprint density at radius 3 is 2.19 bits per heavy atom. The van der Waals surface area contributed by atoms with Crippen molar-refractivity contribution in [3.8, 4) is 0 Å². The Labute approximate surface area is 110 Å². The second-order valence-electron chi connectivity index (χ2n) is 4.69. The molecule has 0 saturated carbocycles. The number of rotatable bonds is 2. The number of nitrogens with one attached hydrogen (secondary N) is 1. The molecule has 3 nitrogen and oxygen atoms in total. The van der Waals surface area contributed by atoms with E-state index in [0.717, 1.165) is 0 Å². The highest BCUT2D eigenvalue weighted by molar-refractivity contribution is 6.67. The van der Waals surface area contributed by atoms with Crippen LogP contribution in [-0.4, -0.2) is 21.5 Å². The summed E-state index contributed by atoms with van der Waals surface area (Å²) in [6.07, 6.45) is 0.338. The average Bonchev–Trinajstić information content (AvgIpc) is 2.29. The lowest BCUT2D eigenvalue weighted by Crippen LogP contribution is -2.34. The van der Waals surface area contributed by atoms with Gasteiger partial charge in [-0.3, -0.25) is 9.59 Å². The Morgan fingerprint density at radius 1 is 1.38 bits per heavy atom. The minimum Gasteiger partial charge on any atom is -0.345 e. The van der Waals surface area contributed by atoms with Crippen LogP contribution in [0.5, 0.6) is 0 Å². The highest BCUT2D eigenvalue weighted by atomic mass is 35.6. The molecule has 1 N–H and O–H groups in total. The quantitative estimate of drug-likeness (QED) is 0.626. The molecule has 0 aromatic heterocycles. The van der Waals surface area contributed by atoms with Crippen LogP contribution in [0.2, 0.25) is 0 Å². The number of carbonyl (C=O) groups excluding carboxylic acids is 2. The first-order chi connectivity index (χ1) is 7.06. The van der Waals surface area contributed by atoms with E-state index < -0.39 is 15.2 Å². The Balaban J connectivity index is 2.73. The maximum Gasteiger partial charge on any atom is 0.233 e. The average molecular weight is 287 g/mol. The van der Waals surface area contributed by atoms with Gasteiger partial charge in [-0.25, -0.2) is 0 Å². The van der Waals surface area contributed by atoms with Crippen molar-refractivity contribution in [2.75, 3.05) is 0 Å². The van der Waals surface area contributed by atoms with Crippen LogP contribution in [-0.2, 0) is 9.59 Å². The SMILES string of the molecule is C[C@@H](CC1NC(=O)C(C)(C)C1=O)C(Cl)(Cl)Cl. The Morgan fingerprint density at radius 2 is 1.88 bits per heavy atom. The van der Waals surface area contributed by atoms with Crippen LogP contribution in [0.3, 0.4) is 0 Å². The third kappa shape index (κ3) is 2.63. The lowest BCUT2D eigenvalue weighted by Gasteiger charge is -2.22. The summed E-state index contributed by atoms with van der Waals surface area (Å²) in [4.78, 5) is 23.4. The normalized spacial score (nSPS) is 26.8. The lowest BCUT2D eigenvalue weighted by molar-refractivity contribution is -0.133. The summed E-state index contributed by atoms with van der Waals surface area (Å²) in [5, 5.41) is 2.63. The van der Waals surface area contributed by atoms with Crippen molar-refractivity contribution in [2.24, 2.45) is 11.3 Å². The molecular weight excluding hydrogens is 272 g/mol. The first-order valence-electron chi connectivity index (χ1n) is 4.99. The summed E-state index contributed by atoms with van der Waals surface area (Å²) in [5.41, 5.74) is -0.974. The van der Waals surface area contributed by atoms with Crippen LogP contribution in [0.25, 0.3) is 0 Å². The number of halogens is 3. The van der Waals surface area contributed by atoms with Gasteiger partial charge in [-0.1, -0.05) is 41.7 Å². The fourth-order valence-electron chi connectivity index (χ4n) is 1.60. The summed E-state index contributed by atoms with van der Waals surface area (Å²) in [7, 11) is 0. The molecule has 0 aromatic rings. The van der Waals surface area contributed by atoms with Crippen molar-refractivity contribution in [2.45, 2.75) is 37.0 Å². The zero-order chi connectivity index (χ0) is 12.7. The molecule has 1 heterocycles. The highest BCUT2D eigenvalue weighted by Crippen LogP contribution is 2.39.